The minimum absolute atomic E-state index is 0.0606. The Morgan fingerprint density at radius 1 is 1.17 bits per heavy atom. The van der Waals surface area contributed by atoms with Crippen LogP contribution in [-0.2, 0) is 6.54 Å². The normalized spacial score (nSPS) is 14.8. The van der Waals surface area contributed by atoms with Gasteiger partial charge in [0.25, 0.3) is 5.69 Å². The molecule has 0 unspecified atom stereocenters. The molecule has 1 saturated heterocycles. The molecule has 1 aliphatic heterocycles. The predicted octanol–water partition coefficient (Wildman–Crippen LogP) is 2.63. The van der Waals surface area contributed by atoms with Crippen LogP contribution in [0.4, 0.5) is 17.2 Å². The first-order valence-corrected chi connectivity index (χ1v) is 9.93. The molecule has 0 saturated carbocycles. The van der Waals surface area contributed by atoms with E-state index < -0.39 is 0 Å². The summed E-state index contributed by atoms with van der Waals surface area (Å²) in [5.74, 6) is 1.69. The number of fused-ring (bicyclic) bond motifs is 1. The second kappa shape index (κ2) is 8.19. The van der Waals surface area contributed by atoms with Crippen molar-refractivity contribution in [2.45, 2.75) is 13.5 Å². The van der Waals surface area contributed by atoms with Crippen LogP contribution in [0.1, 0.15) is 11.5 Å². The molecule has 9 heteroatoms. The molecule has 2 aromatic heterocycles. The molecule has 0 amide bonds. The first kappa shape index (κ1) is 20.0. The van der Waals surface area contributed by atoms with Gasteiger partial charge in [0.15, 0.2) is 0 Å². The lowest BCUT2D eigenvalue weighted by Crippen LogP contribution is -2.45. The summed E-state index contributed by atoms with van der Waals surface area (Å²) in [5, 5.41) is 11.9. The van der Waals surface area contributed by atoms with Crippen LogP contribution in [0.5, 0.6) is 0 Å². The van der Waals surface area contributed by atoms with Gasteiger partial charge in [-0.05, 0) is 32.2 Å². The van der Waals surface area contributed by atoms with E-state index in [-0.39, 0.29) is 10.6 Å². The van der Waals surface area contributed by atoms with Gasteiger partial charge in [-0.3, -0.25) is 15.1 Å². The predicted molar refractivity (Wildman–Crippen MR) is 117 cm³/mol. The standard InChI is InChI=1S/C21H25N7O2/c1-15-23-16(13-20(24-15)27-11-9-25(2)10-12-27)14-26(3)19-7-6-18(28(29)30)17-5-4-8-22-21(17)19/h4-8,13H,9-12,14H2,1-3H3. The van der Waals surface area contributed by atoms with E-state index in [9.17, 15) is 10.1 Å². The zero-order chi connectivity index (χ0) is 21.3. The van der Waals surface area contributed by atoms with Crippen LogP contribution in [0.3, 0.4) is 0 Å². The summed E-state index contributed by atoms with van der Waals surface area (Å²) in [6.45, 7) is 6.37. The molecular formula is C21H25N7O2. The Bertz CT molecular complexity index is 1080. The lowest BCUT2D eigenvalue weighted by Gasteiger charge is -2.33. The summed E-state index contributed by atoms with van der Waals surface area (Å²) < 4.78 is 0. The number of benzene rings is 1. The number of pyridine rings is 1. The molecular weight excluding hydrogens is 382 g/mol. The molecule has 3 heterocycles. The number of nitrogens with zero attached hydrogens (tertiary/aromatic N) is 7. The lowest BCUT2D eigenvalue weighted by atomic mass is 10.1. The van der Waals surface area contributed by atoms with Crippen LogP contribution >= 0.6 is 0 Å². The van der Waals surface area contributed by atoms with Crippen molar-refractivity contribution < 1.29 is 4.92 Å². The molecule has 0 spiro atoms. The van der Waals surface area contributed by atoms with E-state index in [0.717, 1.165) is 49.2 Å². The fourth-order valence-corrected chi connectivity index (χ4v) is 3.83. The molecule has 0 atom stereocenters. The topological polar surface area (TPSA) is 91.5 Å². The average molecular weight is 407 g/mol. The number of rotatable bonds is 5. The SMILES string of the molecule is Cc1nc(CN(C)c2ccc([N+](=O)[O-])c3cccnc23)cc(N2CCN(C)CC2)n1. The number of non-ortho nitro benzene ring substituents is 1. The second-order valence-corrected chi connectivity index (χ2v) is 7.67. The van der Waals surface area contributed by atoms with Gasteiger partial charge < -0.3 is 14.7 Å². The van der Waals surface area contributed by atoms with Crippen molar-refractivity contribution in [1.82, 2.24) is 19.9 Å². The minimum Gasteiger partial charge on any atom is -0.367 e. The largest absolute Gasteiger partial charge is 0.367 e. The van der Waals surface area contributed by atoms with E-state index in [1.165, 1.54) is 6.07 Å². The number of hydrogen-bond acceptors (Lipinski definition) is 8. The number of nitro groups is 1. The molecule has 0 aliphatic carbocycles. The van der Waals surface area contributed by atoms with Crippen molar-refractivity contribution in [2.75, 3.05) is 50.1 Å². The number of anilines is 2. The first-order valence-electron chi connectivity index (χ1n) is 9.93. The minimum atomic E-state index is -0.371. The molecule has 0 bridgehead atoms. The smallest absolute Gasteiger partial charge is 0.278 e. The average Bonchev–Trinajstić information content (AvgIpc) is 2.72. The molecule has 0 radical (unpaired) electrons. The van der Waals surface area contributed by atoms with Gasteiger partial charge in [-0.2, -0.15) is 0 Å². The molecule has 4 rings (SSSR count). The number of piperazine rings is 1. The van der Waals surface area contributed by atoms with E-state index in [1.807, 2.05) is 24.9 Å². The van der Waals surface area contributed by atoms with Gasteiger partial charge in [0.05, 0.1) is 28.2 Å². The highest BCUT2D eigenvalue weighted by atomic mass is 16.6. The molecule has 1 fully saturated rings. The summed E-state index contributed by atoms with van der Waals surface area (Å²) in [6, 6.07) is 8.78. The summed E-state index contributed by atoms with van der Waals surface area (Å²) in [4.78, 5) is 31.3. The third-order valence-corrected chi connectivity index (χ3v) is 5.44. The van der Waals surface area contributed by atoms with Crippen LogP contribution in [0.15, 0.2) is 36.5 Å². The molecule has 1 aromatic carbocycles. The van der Waals surface area contributed by atoms with Crippen LogP contribution in [0, 0.1) is 17.0 Å². The zero-order valence-corrected chi connectivity index (χ0v) is 17.4. The molecule has 156 valence electrons. The fraction of sp³-hybridized carbons (Fsp3) is 0.381. The third-order valence-electron chi connectivity index (χ3n) is 5.44. The Labute approximate surface area is 175 Å². The van der Waals surface area contributed by atoms with E-state index in [0.29, 0.717) is 17.4 Å². The number of nitro benzene ring substituents is 1. The Kier molecular flexibility index (Phi) is 5.45. The van der Waals surface area contributed by atoms with Crippen molar-refractivity contribution in [1.29, 1.82) is 0 Å². The summed E-state index contributed by atoms with van der Waals surface area (Å²) in [5.41, 5.74) is 2.40. The van der Waals surface area contributed by atoms with Crippen molar-refractivity contribution in [2.24, 2.45) is 0 Å². The number of aromatic nitrogens is 3. The molecule has 0 N–H and O–H groups in total. The second-order valence-electron chi connectivity index (χ2n) is 7.67. The van der Waals surface area contributed by atoms with E-state index >= 15 is 0 Å². The van der Waals surface area contributed by atoms with Crippen LogP contribution in [0.2, 0.25) is 0 Å². The van der Waals surface area contributed by atoms with Crippen LogP contribution in [-0.4, -0.2) is 65.0 Å². The summed E-state index contributed by atoms with van der Waals surface area (Å²) in [6.07, 6.45) is 1.66. The highest BCUT2D eigenvalue weighted by Crippen LogP contribution is 2.32. The zero-order valence-electron chi connectivity index (χ0n) is 17.4. The van der Waals surface area contributed by atoms with Gasteiger partial charge in [-0.25, -0.2) is 9.97 Å². The third kappa shape index (κ3) is 4.02. The van der Waals surface area contributed by atoms with Crippen LogP contribution < -0.4 is 9.80 Å². The van der Waals surface area contributed by atoms with E-state index in [2.05, 4.69) is 31.8 Å². The van der Waals surface area contributed by atoms with Crippen molar-refractivity contribution >= 4 is 28.1 Å². The summed E-state index contributed by atoms with van der Waals surface area (Å²) in [7, 11) is 4.08. The quantitative estimate of drug-likeness (QED) is 0.471. The van der Waals surface area contributed by atoms with Crippen LogP contribution in [0.25, 0.3) is 10.9 Å². The summed E-state index contributed by atoms with van der Waals surface area (Å²) >= 11 is 0. The fourth-order valence-electron chi connectivity index (χ4n) is 3.83. The molecule has 9 nitrogen and oxygen atoms in total. The van der Waals surface area contributed by atoms with Crippen molar-refractivity contribution in [3.05, 3.63) is 58.2 Å². The van der Waals surface area contributed by atoms with Crippen molar-refractivity contribution in [3.63, 3.8) is 0 Å². The Morgan fingerprint density at radius 2 is 1.93 bits per heavy atom. The van der Waals surface area contributed by atoms with E-state index in [1.54, 1.807) is 24.4 Å². The van der Waals surface area contributed by atoms with Gasteiger partial charge in [0, 0.05) is 51.6 Å². The monoisotopic (exact) mass is 407 g/mol. The van der Waals surface area contributed by atoms with Gasteiger partial charge in [0.1, 0.15) is 17.2 Å². The highest BCUT2D eigenvalue weighted by Gasteiger charge is 2.19. The Balaban J connectivity index is 1.62. The lowest BCUT2D eigenvalue weighted by molar-refractivity contribution is -0.383. The number of likely N-dealkylation sites (N-methyl/N-ethyl adjacent to an activating group) is 1. The Hall–Kier alpha value is -3.33. The molecule has 1 aliphatic rings. The maximum atomic E-state index is 11.4. The number of aryl methyl sites for hydroxylation is 1. The van der Waals surface area contributed by atoms with Gasteiger partial charge >= 0.3 is 0 Å². The van der Waals surface area contributed by atoms with Gasteiger partial charge in [-0.15, -0.1) is 0 Å². The molecule has 30 heavy (non-hydrogen) atoms. The first-order chi connectivity index (χ1) is 14.4. The maximum Gasteiger partial charge on any atom is 0.278 e. The van der Waals surface area contributed by atoms with E-state index in [4.69, 9.17) is 0 Å². The highest BCUT2D eigenvalue weighted by molar-refractivity contribution is 5.96. The maximum absolute atomic E-state index is 11.4. The van der Waals surface area contributed by atoms with Gasteiger partial charge in [-0.1, -0.05) is 0 Å². The number of hydrogen-bond donors (Lipinski definition) is 0. The van der Waals surface area contributed by atoms with Gasteiger partial charge in [0.2, 0.25) is 0 Å². The Morgan fingerprint density at radius 3 is 2.67 bits per heavy atom. The molecule has 3 aromatic rings. The van der Waals surface area contributed by atoms with Crippen molar-refractivity contribution in [3.8, 4) is 0 Å².